The standard InChI is InChI=1S/C15H24F2N2O2/c16-15(17)5-3-12(4-6-15)11-13(20)1-2-14(21)19-9-7-18-8-10-19/h12,18H,1-11H2. The van der Waals surface area contributed by atoms with E-state index in [1.54, 1.807) is 4.90 Å². The van der Waals surface area contributed by atoms with E-state index in [0.717, 1.165) is 13.1 Å². The van der Waals surface area contributed by atoms with Gasteiger partial charge in [0, 0.05) is 58.3 Å². The summed E-state index contributed by atoms with van der Waals surface area (Å²) < 4.78 is 26.1. The van der Waals surface area contributed by atoms with Gasteiger partial charge in [0.05, 0.1) is 0 Å². The molecule has 0 atom stereocenters. The highest BCUT2D eigenvalue weighted by molar-refractivity contribution is 5.85. The number of rotatable bonds is 5. The Kier molecular flexibility index (Phi) is 5.67. The molecule has 0 aromatic heterocycles. The first-order valence-corrected chi connectivity index (χ1v) is 7.84. The Labute approximate surface area is 124 Å². The minimum atomic E-state index is -2.54. The highest BCUT2D eigenvalue weighted by Gasteiger charge is 2.35. The number of nitrogens with one attached hydrogen (secondary N) is 1. The van der Waals surface area contributed by atoms with E-state index in [2.05, 4.69) is 5.32 Å². The van der Waals surface area contributed by atoms with Gasteiger partial charge in [-0.1, -0.05) is 0 Å². The van der Waals surface area contributed by atoms with Crippen molar-refractivity contribution in [3.63, 3.8) is 0 Å². The number of nitrogens with zero attached hydrogens (tertiary/aromatic N) is 1. The molecule has 0 spiro atoms. The first-order valence-electron chi connectivity index (χ1n) is 7.84. The number of ketones is 1. The summed E-state index contributed by atoms with van der Waals surface area (Å²) in [4.78, 5) is 25.6. The Morgan fingerprint density at radius 2 is 1.71 bits per heavy atom. The van der Waals surface area contributed by atoms with E-state index >= 15 is 0 Å². The van der Waals surface area contributed by atoms with Crippen LogP contribution in [0.25, 0.3) is 0 Å². The monoisotopic (exact) mass is 302 g/mol. The number of carbonyl (C=O) groups is 2. The molecule has 2 fully saturated rings. The van der Waals surface area contributed by atoms with Crippen LogP contribution < -0.4 is 5.32 Å². The molecule has 1 heterocycles. The average molecular weight is 302 g/mol. The van der Waals surface area contributed by atoms with Crippen molar-refractivity contribution < 1.29 is 18.4 Å². The third-order valence-electron chi connectivity index (χ3n) is 4.44. The molecule has 0 bridgehead atoms. The van der Waals surface area contributed by atoms with Crippen LogP contribution in [-0.2, 0) is 9.59 Å². The third kappa shape index (κ3) is 5.34. The van der Waals surface area contributed by atoms with Crippen LogP contribution in [0.1, 0.15) is 44.9 Å². The number of hydrogen-bond acceptors (Lipinski definition) is 3. The lowest BCUT2D eigenvalue weighted by atomic mass is 9.83. The molecule has 1 aliphatic carbocycles. The second kappa shape index (κ2) is 7.29. The van der Waals surface area contributed by atoms with Crippen molar-refractivity contribution in [1.82, 2.24) is 10.2 Å². The first kappa shape index (κ1) is 16.3. The van der Waals surface area contributed by atoms with Crippen LogP contribution in [-0.4, -0.2) is 48.7 Å². The van der Waals surface area contributed by atoms with Gasteiger partial charge in [-0.25, -0.2) is 8.78 Å². The summed E-state index contributed by atoms with van der Waals surface area (Å²) >= 11 is 0. The van der Waals surface area contributed by atoms with Crippen LogP contribution in [0.3, 0.4) is 0 Å². The van der Waals surface area contributed by atoms with Crippen LogP contribution >= 0.6 is 0 Å². The predicted octanol–water partition coefficient (Wildman–Crippen LogP) is 1.98. The lowest BCUT2D eigenvalue weighted by Gasteiger charge is -2.28. The zero-order chi connectivity index (χ0) is 15.3. The van der Waals surface area contributed by atoms with Crippen molar-refractivity contribution in [3.8, 4) is 0 Å². The number of hydrogen-bond donors (Lipinski definition) is 1. The number of Topliss-reactive ketones (excluding diaryl/α,β-unsaturated/α-hetero) is 1. The molecule has 1 aliphatic heterocycles. The van der Waals surface area contributed by atoms with Gasteiger partial charge in [-0.3, -0.25) is 9.59 Å². The molecule has 0 radical (unpaired) electrons. The summed E-state index contributed by atoms with van der Waals surface area (Å²) in [5, 5.41) is 3.17. The molecule has 2 aliphatic rings. The summed E-state index contributed by atoms with van der Waals surface area (Å²) in [6.45, 7) is 3.00. The topological polar surface area (TPSA) is 49.4 Å². The van der Waals surface area contributed by atoms with Gasteiger partial charge in [-0.15, -0.1) is 0 Å². The lowest BCUT2D eigenvalue weighted by Crippen LogP contribution is -2.46. The third-order valence-corrected chi connectivity index (χ3v) is 4.44. The molecule has 21 heavy (non-hydrogen) atoms. The molecule has 4 nitrogen and oxygen atoms in total. The maximum Gasteiger partial charge on any atom is 0.248 e. The summed E-state index contributed by atoms with van der Waals surface area (Å²) in [6, 6.07) is 0. The van der Waals surface area contributed by atoms with Gasteiger partial charge in [0.1, 0.15) is 5.78 Å². The van der Waals surface area contributed by atoms with Crippen LogP contribution in [0.2, 0.25) is 0 Å². The van der Waals surface area contributed by atoms with Gasteiger partial charge in [0.25, 0.3) is 0 Å². The minimum absolute atomic E-state index is 0.0278. The van der Waals surface area contributed by atoms with Gasteiger partial charge in [-0.05, 0) is 18.8 Å². The summed E-state index contributed by atoms with van der Waals surface area (Å²) in [5.41, 5.74) is 0. The quantitative estimate of drug-likeness (QED) is 0.845. The average Bonchev–Trinajstić information content (AvgIpc) is 2.48. The molecule has 2 rings (SSSR count). The molecule has 1 saturated heterocycles. The van der Waals surface area contributed by atoms with E-state index in [1.165, 1.54) is 0 Å². The largest absolute Gasteiger partial charge is 0.340 e. The van der Waals surface area contributed by atoms with Crippen molar-refractivity contribution in [2.45, 2.75) is 50.9 Å². The van der Waals surface area contributed by atoms with E-state index in [0.29, 0.717) is 32.4 Å². The molecular weight excluding hydrogens is 278 g/mol. The molecule has 0 aromatic rings. The van der Waals surface area contributed by atoms with Crippen LogP contribution in [0, 0.1) is 5.92 Å². The Morgan fingerprint density at radius 3 is 2.33 bits per heavy atom. The van der Waals surface area contributed by atoms with Gasteiger partial charge in [0.15, 0.2) is 0 Å². The molecule has 6 heteroatoms. The van der Waals surface area contributed by atoms with Gasteiger partial charge < -0.3 is 10.2 Å². The predicted molar refractivity (Wildman–Crippen MR) is 75.2 cm³/mol. The van der Waals surface area contributed by atoms with Crippen LogP contribution in [0.4, 0.5) is 8.78 Å². The second-order valence-corrected chi connectivity index (χ2v) is 6.17. The smallest absolute Gasteiger partial charge is 0.248 e. The van der Waals surface area contributed by atoms with E-state index in [9.17, 15) is 18.4 Å². The number of halogens is 2. The number of piperazine rings is 1. The van der Waals surface area contributed by atoms with Crippen molar-refractivity contribution in [1.29, 1.82) is 0 Å². The summed E-state index contributed by atoms with van der Waals surface area (Å²) in [5.74, 6) is -2.40. The highest BCUT2D eigenvalue weighted by atomic mass is 19.3. The summed E-state index contributed by atoms with van der Waals surface area (Å²) in [6.07, 6.45) is 1.48. The Bertz CT molecular complexity index is 372. The fraction of sp³-hybridized carbons (Fsp3) is 0.867. The SMILES string of the molecule is O=C(CCC(=O)N1CCNCC1)CC1CCC(F)(F)CC1. The van der Waals surface area contributed by atoms with E-state index in [1.807, 2.05) is 0 Å². The van der Waals surface area contributed by atoms with Crippen LogP contribution in [0.5, 0.6) is 0 Å². The summed E-state index contributed by atoms with van der Waals surface area (Å²) in [7, 11) is 0. The molecule has 0 unspecified atom stereocenters. The highest BCUT2D eigenvalue weighted by Crippen LogP contribution is 2.37. The molecule has 1 N–H and O–H groups in total. The van der Waals surface area contributed by atoms with Crippen LogP contribution in [0.15, 0.2) is 0 Å². The maximum atomic E-state index is 13.0. The van der Waals surface area contributed by atoms with Crippen molar-refractivity contribution >= 4 is 11.7 Å². The number of carbonyl (C=O) groups excluding carboxylic acids is 2. The normalized spacial score (nSPS) is 23.0. The lowest BCUT2D eigenvalue weighted by molar-refractivity contribution is -0.134. The maximum absolute atomic E-state index is 13.0. The van der Waals surface area contributed by atoms with E-state index in [4.69, 9.17) is 0 Å². The molecule has 1 amide bonds. The zero-order valence-electron chi connectivity index (χ0n) is 12.4. The fourth-order valence-corrected chi connectivity index (χ4v) is 3.05. The minimum Gasteiger partial charge on any atom is -0.340 e. The molecular formula is C15H24F2N2O2. The van der Waals surface area contributed by atoms with Crippen molar-refractivity contribution in [2.75, 3.05) is 26.2 Å². The number of amides is 1. The second-order valence-electron chi connectivity index (χ2n) is 6.17. The van der Waals surface area contributed by atoms with Crippen molar-refractivity contribution in [3.05, 3.63) is 0 Å². The Balaban J connectivity index is 1.64. The van der Waals surface area contributed by atoms with E-state index < -0.39 is 5.92 Å². The fourth-order valence-electron chi connectivity index (χ4n) is 3.05. The van der Waals surface area contributed by atoms with Crippen molar-refractivity contribution in [2.24, 2.45) is 5.92 Å². The molecule has 1 saturated carbocycles. The van der Waals surface area contributed by atoms with Gasteiger partial charge in [-0.2, -0.15) is 0 Å². The Hall–Kier alpha value is -1.04. The molecule has 120 valence electrons. The molecule has 0 aromatic carbocycles. The van der Waals surface area contributed by atoms with Gasteiger partial charge >= 0.3 is 0 Å². The zero-order valence-corrected chi connectivity index (χ0v) is 12.4. The first-order chi connectivity index (χ1) is 9.96. The Morgan fingerprint density at radius 1 is 1.10 bits per heavy atom. The van der Waals surface area contributed by atoms with Gasteiger partial charge in [0.2, 0.25) is 11.8 Å². The van der Waals surface area contributed by atoms with E-state index in [-0.39, 0.29) is 43.3 Å². The number of alkyl halides is 2.